The highest BCUT2D eigenvalue weighted by Gasteiger charge is 2.07. The number of anilines is 1. The fourth-order valence-corrected chi connectivity index (χ4v) is 2.15. The number of methoxy groups -OCH3 is 1. The van der Waals surface area contributed by atoms with Crippen molar-refractivity contribution < 1.29 is 23.5 Å². The number of carbonyl (C=O) groups excluding carboxylic acids is 2. The Morgan fingerprint density at radius 3 is 2.46 bits per heavy atom. The van der Waals surface area contributed by atoms with Crippen LogP contribution in [0.1, 0.15) is 5.56 Å². The summed E-state index contributed by atoms with van der Waals surface area (Å²) < 4.78 is 23.4. The maximum absolute atomic E-state index is 13.4. The Hall–Kier alpha value is -2.93. The molecule has 2 rings (SSSR count). The topological polar surface area (TPSA) is 76.7 Å². The number of benzene rings is 2. The van der Waals surface area contributed by atoms with Crippen LogP contribution in [0.15, 0.2) is 48.5 Å². The quantitative estimate of drug-likeness (QED) is 0.672. The van der Waals surface area contributed by atoms with Gasteiger partial charge in [0.2, 0.25) is 5.91 Å². The van der Waals surface area contributed by atoms with Gasteiger partial charge in [-0.2, -0.15) is 0 Å². The van der Waals surface area contributed by atoms with Crippen molar-refractivity contribution >= 4 is 17.5 Å². The van der Waals surface area contributed by atoms with Crippen LogP contribution >= 0.6 is 0 Å². The molecule has 26 heavy (non-hydrogen) atoms. The van der Waals surface area contributed by atoms with Gasteiger partial charge in [0.15, 0.2) is 18.2 Å². The van der Waals surface area contributed by atoms with Crippen molar-refractivity contribution in [1.29, 1.82) is 0 Å². The van der Waals surface area contributed by atoms with Crippen LogP contribution in [0.2, 0.25) is 0 Å². The molecule has 0 aliphatic carbocycles. The summed E-state index contributed by atoms with van der Waals surface area (Å²) in [6.07, 6.45) is 0.244. The Bertz CT molecular complexity index is 735. The third-order valence-corrected chi connectivity index (χ3v) is 3.43. The molecule has 0 bridgehead atoms. The summed E-state index contributed by atoms with van der Waals surface area (Å²) in [5.41, 5.74) is 1.39. The van der Waals surface area contributed by atoms with Gasteiger partial charge in [0, 0.05) is 19.3 Å². The van der Waals surface area contributed by atoms with Gasteiger partial charge >= 0.3 is 0 Å². The van der Waals surface area contributed by atoms with E-state index in [9.17, 15) is 14.0 Å². The van der Waals surface area contributed by atoms with Crippen LogP contribution in [0.3, 0.4) is 0 Å². The molecular weight excluding hydrogens is 339 g/mol. The molecule has 2 aromatic rings. The molecule has 0 aliphatic rings. The van der Waals surface area contributed by atoms with Gasteiger partial charge in [-0.05, 0) is 29.8 Å². The highest BCUT2D eigenvalue weighted by atomic mass is 19.1. The lowest BCUT2D eigenvalue weighted by atomic mass is 10.1. The molecule has 0 unspecified atom stereocenters. The molecular formula is C19H21FN2O4. The summed E-state index contributed by atoms with van der Waals surface area (Å²) >= 11 is 0. The Morgan fingerprint density at radius 1 is 1.04 bits per heavy atom. The first kappa shape index (κ1) is 19.4. The SMILES string of the molecule is COCCNC(=O)Cc1ccc(NC(=O)COc2ccccc2F)cc1. The molecule has 2 aromatic carbocycles. The molecule has 0 radical (unpaired) electrons. The highest BCUT2D eigenvalue weighted by molar-refractivity contribution is 5.92. The summed E-state index contributed by atoms with van der Waals surface area (Å²) in [5, 5.41) is 5.39. The number of ether oxygens (including phenoxy) is 2. The van der Waals surface area contributed by atoms with E-state index < -0.39 is 11.7 Å². The Balaban J connectivity index is 1.78. The third-order valence-electron chi connectivity index (χ3n) is 3.43. The van der Waals surface area contributed by atoms with Crippen LogP contribution in [0.5, 0.6) is 5.75 Å². The summed E-state index contributed by atoms with van der Waals surface area (Å²) in [6.45, 7) is 0.627. The zero-order valence-electron chi connectivity index (χ0n) is 14.5. The fraction of sp³-hybridized carbons (Fsp3) is 0.263. The number of halogens is 1. The monoisotopic (exact) mass is 360 g/mol. The minimum absolute atomic E-state index is 0.0254. The average molecular weight is 360 g/mol. The Kier molecular flexibility index (Phi) is 7.57. The minimum atomic E-state index is -0.520. The smallest absolute Gasteiger partial charge is 0.262 e. The van der Waals surface area contributed by atoms with Gasteiger partial charge in [0.05, 0.1) is 13.0 Å². The van der Waals surface area contributed by atoms with Crippen LogP contribution in [0, 0.1) is 5.82 Å². The standard InChI is InChI=1S/C19H21FN2O4/c1-25-11-10-21-18(23)12-14-6-8-15(9-7-14)22-19(24)13-26-17-5-3-2-4-16(17)20/h2-9H,10-13H2,1H3,(H,21,23)(H,22,24). The van der Waals surface area contributed by atoms with Crippen molar-refractivity contribution in [1.82, 2.24) is 5.32 Å². The van der Waals surface area contributed by atoms with Crippen molar-refractivity contribution in [3.63, 3.8) is 0 Å². The second-order valence-electron chi connectivity index (χ2n) is 5.48. The van der Waals surface area contributed by atoms with E-state index in [1.165, 1.54) is 12.1 Å². The first-order valence-corrected chi connectivity index (χ1v) is 8.10. The molecule has 138 valence electrons. The third kappa shape index (κ3) is 6.52. The van der Waals surface area contributed by atoms with Crippen molar-refractivity contribution in [3.05, 3.63) is 59.9 Å². The largest absolute Gasteiger partial charge is 0.481 e. The number of amides is 2. The Labute approximate surface area is 151 Å². The Morgan fingerprint density at radius 2 is 1.77 bits per heavy atom. The van der Waals surface area contributed by atoms with Crippen LogP contribution in [-0.2, 0) is 20.7 Å². The molecule has 6 nitrogen and oxygen atoms in total. The predicted molar refractivity (Wildman–Crippen MR) is 95.6 cm³/mol. The van der Waals surface area contributed by atoms with E-state index in [2.05, 4.69) is 10.6 Å². The average Bonchev–Trinajstić information content (AvgIpc) is 2.63. The number of hydrogen-bond acceptors (Lipinski definition) is 4. The number of carbonyl (C=O) groups is 2. The molecule has 0 aromatic heterocycles. The van der Waals surface area contributed by atoms with Crippen molar-refractivity contribution in [2.75, 3.05) is 32.2 Å². The molecule has 0 aliphatic heterocycles. The van der Waals surface area contributed by atoms with E-state index in [1.54, 1.807) is 43.5 Å². The lowest BCUT2D eigenvalue weighted by Crippen LogP contribution is -2.28. The lowest BCUT2D eigenvalue weighted by molar-refractivity contribution is -0.120. The summed E-state index contributed by atoms with van der Waals surface area (Å²) in [5.74, 6) is -0.999. The summed E-state index contributed by atoms with van der Waals surface area (Å²) in [4.78, 5) is 23.6. The normalized spacial score (nSPS) is 10.2. The van der Waals surface area contributed by atoms with E-state index in [4.69, 9.17) is 9.47 Å². The van der Waals surface area contributed by atoms with E-state index in [0.29, 0.717) is 18.8 Å². The number of rotatable bonds is 9. The van der Waals surface area contributed by atoms with Crippen molar-refractivity contribution in [3.8, 4) is 5.75 Å². The maximum atomic E-state index is 13.4. The van der Waals surface area contributed by atoms with Gasteiger partial charge in [-0.1, -0.05) is 24.3 Å². The number of hydrogen-bond donors (Lipinski definition) is 2. The van der Waals surface area contributed by atoms with E-state index in [1.807, 2.05) is 0 Å². The van der Waals surface area contributed by atoms with Crippen molar-refractivity contribution in [2.24, 2.45) is 0 Å². The highest BCUT2D eigenvalue weighted by Crippen LogP contribution is 2.15. The van der Waals surface area contributed by atoms with Crippen LogP contribution in [0.25, 0.3) is 0 Å². The van der Waals surface area contributed by atoms with E-state index in [0.717, 1.165) is 5.56 Å². The maximum Gasteiger partial charge on any atom is 0.262 e. The van der Waals surface area contributed by atoms with Crippen molar-refractivity contribution in [2.45, 2.75) is 6.42 Å². The zero-order chi connectivity index (χ0) is 18.8. The molecule has 0 spiro atoms. The second-order valence-corrected chi connectivity index (χ2v) is 5.48. The second kappa shape index (κ2) is 10.1. The molecule has 7 heteroatoms. The lowest BCUT2D eigenvalue weighted by Gasteiger charge is -2.09. The van der Waals surface area contributed by atoms with Gasteiger partial charge in [0.1, 0.15) is 0 Å². The molecule has 0 heterocycles. The van der Waals surface area contributed by atoms with E-state index in [-0.39, 0.29) is 24.7 Å². The van der Waals surface area contributed by atoms with Gasteiger partial charge in [0.25, 0.3) is 5.91 Å². The van der Waals surface area contributed by atoms with Crippen LogP contribution in [-0.4, -0.2) is 38.7 Å². The molecule has 0 atom stereocenters. The van der Waals surface area contributed by atoms with Crippen LogP contribution in [0.4, 0.5) is 10.1 Å². The molecule has 2 amide bonds. The zero-order valence-corrected chi connectivity index (χ0v) is 14.5. The summed E-state index contributed by atoms with van der Waals surface area (Å²) in [7, 11) is 1.57. The molecule has 0 saturated carbocycles. The first-order valence-electron chi connectivity index (χ1n) is 8.10. The van der Waals surface area contributed by atoms with E-state index >= 15 is 0 Å². The number of para-hydroxylation sites is 1. The molecule has 2 N–H and O–H groups in total. The van der Waals surface area contributed by atoms with Gasteiger partial charge in [-0.3, -0.25) is 9.59 Å². The predicted octanol–water partition coefficient (Wildman–Crippen LogP) is 2.15. The molecule has 0 saturated heterocycles. The van der Waals surface area contributed by atoms with Gasteiger partial charge in [-0.15, -0.1) is 0 Å². The van der Waals surface area contributed by atoms with Gasteiger partial charge < -0.3 is 20.1 Å². The summed E-state index contributed by atoms with van der Waals surface area (Å²) in [6, 6.07) is 12.8. The minimum Gasteiger partial charge on any atom is -0.481 e. The fourth-order valence-electron chi connectivity index (χ4n) is 2.15. The van der Waals surface area contributed by atoms with Gasteiger partial charge in [-0.25, -0.2) is 4.39 Å². The van der Waals surface area contributed by atoms with Crippen LogP contribution < -0.4 is 15.4 Å². The number of nitrogens with one attached hydrogen (secondary N) is 2. The first-order chi connectivity index (χ1) is 12.6. The molecule has 0 fully saturated rings.